The number of rotatable bonds is 1. The third kappa shape index (κ3) is 1.61. The Morgan fingerprint density at radius 3 is 3.20 bits per heavy atom. The predicted octanol–water partition coefficient (Wildman–Crippen LogP) is 0.695. The van der Waals surface area contributed by atoms with Crippen LogP contribution >= 0.6 is 0 Å². The molecule has 1 aromatic heterocycles. The highest BCUT2D eigenvalue weighted by Crippen LogP contribution is 2.31. The standard InChI is InChI=1S/C11H12N2O2/c14-11(8-2-1-4-12-6-8)13-5-3-9-10(7-13)15-9/h1-2,4,6,9-10H,3,5,7H2/t9-,10-/m1/s1. The second-order valence-electron chi connectivity index (χ2n) is 3.99. The highest BCUT2D eigenvalue weighted by atomic mass is 16.6. The first kappa shape index (κ1) is 8.85. The third-order valence-corrected chi connectivity index (χ3v) is 2.97. The van der Waals surface area contributed by atoms with Crippen molar-refractivity contribution in [3.8, 4) is 0 Å². The molecule has 2 atom stereocenters. The molecule has 2 fully saturated rings. The van der Waals surface area contributed by atoms with E-state index >= 15 is 0 Å². The van der Waals surface area contributed by atoms with Crippen molar-refractivity contribution in [3.05, 3.63) is 30.1 Å². The Hall–Kier alpha value is -1.42. The number of fused-ring (bicyclic) bond motifs is 1. The smallest absolute Gasteiger partial charge is 0.255 e. The lowest BCUT2D eigenvalue weighted by Crippen LogP contribution is -2.39. The van der Waals surface area contributed by atoms with Crippen LogP contribution in [0.1, 0.15) is 16.8 Å². The zero-order valence-corrected chi connectivity index (χ0v) is 8.30. The minimum absolute atomic E-state index is 0.0667. The lowest BCUT2D eigenvalue weighted by atomic mass is 10.1. The normalized spacial score (nSPS) is 28.4. The first-order valence-corrected chi connectivity index (χ1v) is 5.19. The summed E-state index contributed by atoms with van der Waals surface area (Å²) >= 11 is 0. The van der Waals surface area contributed by atoms with Crippen molar-refractivity contribution >= 4 is 5.91 Å². The van der Waals surface area contributed by atoms with Gasteiger partial charge in [-0.2, -0.15) is 0 Å². The zero-order valence-electron chi connectivity index (χ0n) is 8.30. The number of nitrogens with zero attached hydrogens (tertiary/aromatic N) is 2. The Kier molecular flexibility index (Phi) is 1.95. The van der Waals surface area contributed by atoms with E-state index in [9.17, 15) is 4.79 Å². The van der Waals surface area contributed by atoms with Crippen molar-refractivity contribution < 1.29 is 9.53 Å². The Morgan fingerprint density at radius 1 is 1.53 bits per heavy atom. The number of hydrogen-bond donors (Lipinski definition) is 0. The van der Waals surface area contributed by atoms with Gasteiger partial charge in [-0.15, -0.1) is 0 Å². The number of hydrogen-bond acceptors (Lipinski definition) is 3. The number of epoxide rings is 1. The monoisotopic (exact) mass is 204 g/mol. The number of amides is 1. The van der Waals surface area contributed by atoms with E-state index in [1.807, 2.05) is 4.90 Å². The fraction of sp³-hybridized carbons (Fsp3) is 0.455. The number of ether oxygens (including phenoxy) is 1. The van der Waals surface area contributed by atoms with Crippen LogP contribution in [-0.2, 0) is 4.74 Å². The summed E-state index contributed by atoms with van der Waals surface area (Å²) in [5, 5.41) is 0. The SMILES string of the molecule is O=C(c1cccnc1)N1CC[C@H]2O[C@@H]2C1. The van der Waals surface area contributed by atoms with Crippen LogP contribution in [0.15, 0.2) is 24.5 Å². The second-order valence-corrected chi connectivity index (χ2v) is 3.99. The summed E-state index contributed by atoms with van der Waals surface area (Å²) in [4.78, 5) is 17.8. The van der Waals surface area contributed by atoms with Crippen molar-refractivity contribution in [1.29, 1.82) is 0 Å². The fourth-order valence-corrected chi connectivity index (χ4v) is 2.04. The van der Waals surface area contributed by atoms with Gasteiger partial charge in [0.2, 0.25) is 0 Å². The summed E-state index contributed by atoms with van der Waals surface area (Å²) in [6.07, 6.45) is 4.97. The third-order valence-electron chi connectivity index (χ3n) is 2.97. The number of likely N-dealkylation sites (tertiary alicyclic amines) is 1. The molecule has 0 N–H and O–H groups in total. The number of aromatic nitrogens is 1. The van der Waals surface area contributed by atoms with Gasteiger partial charge in [0.1, 0.15) is 6.10 Å². The van der Waals surface area contributed by atoms with Gasteiger partial charge in [0.25, 0.3) is 5.91 Å². The minimum Gasteiger partial charge on any atom is -0.368 e. The summed E-state index contributed by atoms with van der Waals surface area (Å²) in [5.41, 5.74) is 0.664. The molecule has 3 rings (SSSR count). The molecule has 1 amide bonds. The maximum absolute atomic E-state index is 12.0. The minimum atomic E-state index is 0.0667. The van der Waals surface area contributed by atoms with E-state index < -0.39 is 0 Å². The van der Waals surface area contributed by atoms with Crippen LogP contribution in [0.4, 0.5) is 0 Å². The quantitative estimate of drug-likeness (QED) is 0.632. The molecule has 0 saturated carbocycles. The van der Waals surface area contributed by atoms with Crippen LogP contribution in [0.25, 0.3) is 0 Å². The number of piperidine rings is 1. The van der Waals surface area contributed by atoms with Crippen LogP contribution in [0, 0.1) is 0 Å². The molecule has 0 bridgehead atoms. The highest BCUT2D eigenvalue weighted by molar-refractivity contribution is 5.94. The van der Waals surface area contributed by atoms with Crippen LogP contribution in [-0.4, -0.2) is 41.1 Å². The molecular weight excluding hydrogens is 192 g/mol. The van der Waals surface area contributed by atoms with Gasteiger partial charge >= 0.3 is 0 Å². The number of carbonyl (C=O) groups is 1. The van der Waals surface area contributed by atoms with E-state index in [0.717, 1.165) is 19.5 Å². The molecule has 3 heterocycles. The van der Waals surface area contributed by atoms with Gasteiger partial charge in [-0.1, -0.05) is 0 Å². The Morgan fingerprint density at radius 2 is 2.47 bits per heavy atom. The molecule has 0 aliphatic carbocycles. The van der Waals surface area contributed by atoms with E-state index in [1.165, 1.54) is 0 Å². The summed E-state index contributed by atoms with van der Waals surface area (Å²) in [7, 11) is 0. The van der Waals surface area contributed by atoms with E-state index in [-0.39, 0.29) is 5.91 Å². The molecule has 4 nitrogen and oxygen atoms in total. The topological polar surface area (TPSA) is 45.7 Å². The van der Waals surface area contributed by atoms with Crippen molar-refractivity contribution in [1.82, 2.24) is 9.88 Å². The molecule has 2 aliphatic heterocycles. The Labute approximate surface area is 87.9 Å². The van der Waals surface area contributed by atoms with Crippen molar-refractivity contribution in [2.24, 2.45) is 0 Å². The molecule has 2 saturated heterocycles. The Bertz CT molecular complexity index is 379. The van der Waals surface area contributed by atoms with E-state index in [1.54, 1.807) is 24.5 Å². The second kappa shape index (κ2) is 3.31. The molecule has 4 heteroatoms. The summed E-state index contributed by atoms with van der Waals surface area (Å²) < 4.78 is 5.38. The summed E-state index contributed by atoms with van der Waals surface area (Å²) in [5.74, 6) is 0.0667. The molecule has 1 aromatic rings. The van der Waals surface area contributed by atoms with E-state index in [2.05, 4.69) is 4.98 Å². The first-order chi connectivity index (χ1) is 7.34. The van der Waals surface area contributed by atoms with Gasteiger partial charge in [-0.05, 0) is 18.6 Å². The first-order valence-electron chi connectivity index (χ1n) is 5.19. The molecule has 0 unspecified atom stereocenters. The number of carbonyl (C=O) groups excluding carboxylic acids is 1. The Balaban J connectivity index is 1.74. The molecule has 0 spiro atoms. The van der Waals surface area contributed by atoms with Gasteiger partial charge in [-0.3, -0.25) is 9.78 Å². The van der Waals surface area contributed by atoms with Crippen LogP contribution in [0.3, 0.4) is 0 Å². The number of pyridine rings is 1. The largest absolute Gasteiger partial charge is 0.368 e. The highest BCUT2D eigenvalue weighted by Gasteiger charge is 2.44. The lowest BCUT2D eigenvalue weighted by molar-refractivity contribution is 0.0736. The van der Waals surface area contributed by atoms with Gasteiger partial charge in [0.05, 0.1) is 11.7 Å². The van der Waals surface area contributed by atoms with Crippen LogP contribution < -0.4 is 0 Å². The van der Waals surface area contributed by atoms with Gasteiger partial charge in [0.15, 0.2) is 0 Å². The van der Waals surface area contributed by atoms with E-state index in [0.29, 0.717) is 17.8 Å². The van der Waals surface area contributed by atoms with Gasteiger partial charge < -0.3 is 9.64 Å². The molecule has 0 aromatic carbocycles. The summed E-state index contributed by atoms with van der Waals surface area (Å²) in [6.45, 7) is 1.54. The van der Waals surface area contributed by atoms with Crippen molar-refractivity contribution in [2.75, 3.05) is 13.1 Å². The zero-order chi connectivity index (χ0) is 10.3. The van der Waals surface area contributed by atoms with Crippen LogP contribution in [0.5, 0.6) is 0 Å². The van der Waals surface area contributed by atoms with Crippen molar-refractivity contribution in [2.45, 2.75) is 18.6 Å². The summed E-state index contributed by atoms with van der Waals surface area (Å²) in [6, 6.07) is 3.59. The van der Waals surface area contributed by atoms with E-state index in [4.69, 9.17) is 4.74 Å². The molecule has 15 heavy (non-hydrogen) atoms. The van der Waals surface area contributed by atoms with Crippen LogP contribution in [0.2, 0.25) is 0 Å². The lowest BCUT2D eigenvalue weighted by Gasteiger charge is -2.24. The van der Waals surface area contributed by atoms with Crippen molar-refractivity contribution in [3.63, 3.8) is 0 Å². The van der Waals surface area contributed by atoms with Gasteiger partial charge in [0, 0.05) is 25.5 Å². The molecular formula is C11H12N2O2. The molecule has 78 valence electrons. The van der Waals surface area contributed by atoms with Gasteiger partial charge in [-0.25, -0.2) is 0 Å². The maximum atomic E-state index is 12.0. The average Bonchev–Trinajstić information content (AvgIpc) is 3.07. The molecule has 0 radical (unpaired) electrons. The maximum Gasteiger partial charge on any atom is 0.255 e. The predicted molar refractivity (Wildman–Crippen MR) is 53.4 cm³/mol. The average molecular weight is 204 g/mol. The fourth-order valence-electron chi connectivity index (χ4n) is 2.04. The molecule has 2 aliphatic rings.